The van der Waals surface area contributed by atoms with E-state index in [4.69, 9.17) is 5.11 Å². The molecule has 3 aliphatic rings. The van der Waals surface area contributed by atoms with Gasteiger partial charge in [-0.1, -0.05) is 0 Å². The molecule has 3 aliphatic heterocycles. The molecule has 0 saturated carbocycles. The van der Waals surface area contributed by atoms with Gasteiger partial charge in [0.15, 0.2) is 5.78 Å². The largest absolute Gasteiger partial charge is 0.513 e. The van der Waals surface area contributed by atoms with Gasteiger partial charge in [0.05, 0.1) is 0 Å². The minimum Gasteiger partial charge on any atom is -0.513 e. The number of piperidine rings is 3. The van der Waals surface area contributed by atoms with Crippen LogP contribution >= 0.6 is 0 Å². The predicted octanol–water partition coefficient (Wildman–Crippen LogP) is 0.680. The highest BCUT2D eigenvalue weighted by molar-refractivity contribution is 5.97. The number of Topliss-reactive ketones (excluding diaryl/α,β-unsaturated/α-hetero) is 1. The molecule has 0 aromatic carbocycles. The summed E-state index contributed by atoms with van der Waals surface area (Å²) in [5.74, 6) is 0.323. The standard InChI is InChI=1S/C8H11NO2/c10-5-7-8(11)6-1-3-9(7)4-2-6/h5-6,10H,1-4H2. The van der Waals surface area contributed by atoms with Crippen molar-refractivity contribution in [3.05, 3.63) is 12.0 Å². The van der Waals surface area contributed by atoms with Crippen molar-refractivity contribution in [2.45, 2.75) is 12.8 Å². The third-order valence-corrected chi connectivity index (χ3v) is 2.58. The lowest BCUT2D eigenvalue weighted by Crippen LogP contribution is -2.46. The number of carbonyl (C=O) groups excluding carboxylic acids is 1. The zero-order valence-electron chi connectivity index (χ0n) is 6.29. The Morgan fingerprint density at radius 1 is 1.45 bits per heavy atom. The molecule has 0 unspecified atom stereocenters. The molecule has 3 nitrogen and oxygen atoms in total. The summed E-state index contributed by atoms with van der Waals surface area (Å²) >= 11 is 0. The highest BCUT2D eigenvalue weighted by atomic mass is 16.2. The molecule has 2 bridgehead atoms. The lowest BCUT2D eigenvalue weighted by molar-refractivity contribution is -0.125. The number of fused-ring (bicyclic) bond motifs is 3. The fourth-order valence-electron chi connectivity index (χ4n) is 1.89. The molecule has 3 heterocycles. The van der Waals surface area contributed by atoms with Gasteiger partial charge in [-0.3, -0.25) is 4.79 Å². The van der Waals surface area contributed by atoms with Gasteiger partial charge in [0.2, 0.25) is 0 Å². The summed E-state index contributed by atoms with van der Waals surface area (Å²) < 4.78 is 0. The molecule has 11 heavy (non-hydrogen) atoms. The number of hydrogen-bond donors (Lipinski definition) is 1. The van der Waals surface area contributed by atoms with Crippen LogP contribution in [-0.2, 0) is 4.79 Å². The van der Waals surface area contributed by atoms with E-state index >= 15 is 0 Å². The zero-order chi connectivity index (χ0) is 7.84. The van der Waals surface area contributed by atoms with E-state index in [1.54, 1.807) is 0 Å². The Balaban J connectivity index is 2.30. The Morgan fingerprint density at radius 3 is 2.45 bits per heavy atom. The van der Waals surface area contributed by atoms with Crippen molar-refractivity contribution >= 4 is 5.78 Å². The lowest BCUT2D eigenvalue weighted by Gasteiger charge is -2.40. The molecule has 0 spiro atoms. The highest BCUT2D eigenvalue weighted by Crippen LogP contribution is 2.30. The van der Waals surface area contributed by atoms with Gasteiger partial charge in [-0.25, -0.2) is 0 Å². The first kappa shape index (κ1) is 6.70. The number of carbonyl (C=O) groups is 1. The molecular formula is C8H11NO2. The van der Waals surface area contributed by atoms with Crippen LogP contribution in [0.25, 0.3) is 0 Å². The van der Waals surface area contributed by atoms with Gasteiger partial charge in [0, 0.05) is 19.0 Å². The van der Waals surface area contributed by atoms with Crippen LogP contribution in [0.2, 0.25) is 0 Å². The molecule has 0 amide bonds. The Bertz CT molecular complexity index is 214. The second-order valence-electron chi connectivity index (χ2n) is 3.14. The summed E-state index contributed by atoms with van der Waals surface area (Å²) in [5, 5.41) is 8.76. The van der Waals surface area contributed by atoms with Gasteiger partial charge in [0.1, 0.15) is 12.0 Å². The van der Waals surface area contributed by atoms with E-state index in [1.165, 1.54) is 0 Å². The first-order valence-electron chi connectivity index (χ1n) is 3.96. The van der Waals surface area contributed by atoms with Gasteiger partial charge in [-0.15, -0.1) is 0 Å². The van der Waals surface area contributed by atoms with Gasteiger partial charge in [-0.2, -0.15) is 0 Å². The van der Waals surface area contributed by atoms with Gasteiger partial charge in [0.25, 0.3) is 0 Å². The maximum absolute atomic E-state index is 11.3. The van der Waals surface area contributed by atoms with Crippen LogP contribution in [-0.4, -0.2) is 28.9 Å². The normalized spacial score (nSPS) is 28.5. The topological polar surface area (TPSA) is 40.5 Å². The molecule has 60 valence electrons. The van der Waals surface area contributed by atoms with Gasteiger partial charge >= 0.3 is 0 Å². The van der Waals surface area contributed by atoms with Crippen molar-refractivity contribution in [1.29, 1.82) is 0 Å². The van der Waals surface area contributed by atoms with Gasteiger partial charge in [-0.05, 0) is 12.8 Å². The number of aliphatic hydroxyl groups is 1. The third kappa shape index (κ3) is 0.836. The number of aliphatic hydroxyl groups excluding tert-OH is 1. The van der Waals surface area contributed by atoms with E-state index in [-0.39, 0.29) is 11.7 Å². The van der Waals surface area contributed by atoms with E-state index in [2.05, 4.69) is 0 Å². The third-order valence-electron chi connectivity index (χ3n) is 2.58. The van der Waals surface area contributed by atoms with Crippen molar-refractivity contribution in [1.82, 2.24) is 4.90 Å². The van der Waals surface area contributed by atoms with E-state index in [0.29, 0.717) is 5.70 Å². The lowest BCUT2D eigenvalue weighted by atomic mass is 9.85. The fraction of sp³-hybridized carbons (Fsp3) is 0.625. The van der Waals surface area contributed by atoms with Crippen molar-refractivity contribution in [2.24, 2.45) is 5.92 Å². The summed E-state index contributed by atoms with van der Waals surface area (Å²) in [5.41, 5.74) is 0.521. The molecule has 3 saturated heterocycles. The molecule has 0 atom stereocenters. The molecule has 0 aliphatic carbocycles. The van der Waals surface area contributed by atoms with Crippen LogP contribution in [0.15, 0.2) is 12.0 Å². The molecule has 1 N–H and O–H groups in total. The average Bonchev–Trinajstić information content (AvgIpc) is 2.06. The number of ketones is 1. The molecule has 3 rings (SSSR count). The van der Waals surface area contributed by atoms with E-state index in [1.807, 2.05) is 4.90 Å². The van der Waals surface area contributed by atoms with Crippen molar-refractivity contribution in [2.75, 3.05) is 13.1 Å². The molecule has 0 aromatic heterocycles. The van der Waals surface area contributed by atoms with Crippen molar-refractivity contribution in [3.8, 4) is 0 Å². The van der Waals surface area contributed by atoms with Crippen LogP contribution in [0.3, 0.4) is 0 Å². The highest BCUT2D eigenvalue weighted by Gasteiger charge is 2.36. The minimum atomic E-state index is 0.130. The Labute approximate surface area is 65.3 Å². The predicted molar refractivity (Wildman–Crippen MR) is 40.0 cm³/mol. The first-order chi connectivity index (χ1) is 5.33. The van der Waals surface area contributed by atoms with Crippen LogP contribution in [0.5, 0.6) is 0 Å². The first-order valence-corrected chi connectivity index (χ1v) is 3.96. The Hall–Kier alpha value is -0.990. The number of rotatable bonds is 0. The van der Waals surface area contributed by atoms with Crippen LogP contribution < -0.4 is 0 Å². The second kappa shape index (κ2) is 2.26. The average molecular weight is 153 g/mol. The maximum atomic E-state index is 11.3. The molecule has 0 radical (unpaired) electrons. The molecular weight excluding hydrogens is 142 g/mol. The maximum Gasteiger partial charge on any atom is 0.185 e. The van der Waals surface area contributed by atoms with Crippen LogP contribution in [0.4, 0.5) is 0 Å². The zero-order valence-corrected chi connectivity index (χ0v) is 6.29. The SMILES string of the molecule is O=C1C(=CO)N2CCC1CC2. The Morgan fingerprint density at radius 2 is 2.09 bits per heavy atom. The number of nitrogens with zero attached hydrogens (tertiary/aromatic N) is 1. The van der Waals surface area contributed by atoms with E-state index < -0.39 is 0 Å². The summed E-state index contributed by atoms with van der Waals surface area (Å²) in [6.45, 7) is 1.87. The fourth-order valence-corrected chi connectivity index (χ4v) is 1.89. The monoisotopic (exact) mass is 153 g/mol. The summed E-state index contributed by atoms with van der Waals surface area (Å²) in [4.78, 5) is 13.3. The Kier molecular flexibility index (Phi) is 1.37. The summed E-state index contributed by atoms with van der Waals surface area (Å²) in [6.07, 6.45) is 2.89. The van der Waals surface area contributed by atoms with Crippen LogP contribution in [0, 0.1) is 5.92 Å². The second-order valence-corrected chi connectivity index (χ2v) is 3.14. The number of allylic oxidation sites excluding steroid dienone is 1. The summed E-state index contributed by atoms with van der Waals surface area (Å²) in [6, 6.07) is 0. The molecule has 3 fully saturated rings. The smallest absolute Gasteiger partial charge is 0.185 e. The molecule has 3 heteroatoms. The quantitative estimate of drug-likeness (QED) is 0.411. The van der Waals surface area contributed by atoms with Crippen molar-refractivity contribution in [3.63, 3.8) is 0 Å². The van der Waals surface area contributed by atoms with Crippen molar-refractivity contribution < 1.29 is 9.90 Å². The minimum absolute atomic E-state index is 0.130. The number of hydrogen-bond acceptors (Lipinski definition) is 3. The molecule has 0 aromatic rings. The van der Waals surface area contributed by atoms with E-state index in [9.17, 15) is 4.79 Å². The van der Waals surface area contributed by atoms with Gasteiger partial charge < -0.3 is 10.0 Å². The summed E-state index contributed by atoms with van der Waals surface area (Å²) in [7, 11) is 0. The van der Waals surface area contributed by atoms with Crippen LogP contribution in [0.1, 0.15) is 12.8 Å². The van der Waals surface area contributed by atoms with E-state index in [0.717, 1.165) is 32.2 Å².